The minimum absolute atomic E-state index is 0.00638. The Labute approximate surface area is 191 Å². The van der Waals surface area contributed by atoms with E-state index in [1.165, 1.54) is 44.7 Å². The molecule has 0 aliphatic heterocycles. The van der Waals surface area contributed by atoms with Crippen LogP contribution in [0, 0.1) is 76.0 Å². The van der Waals surface area contributed by atoms with Crippen LogP contribution in [0.1, 0.15) is 78.2 Å². The van der Waals surface area contributed by atoms with Crippen LogP contribution in [0.5, 0.6) is 0 Å². The van der Waals surface area contributed by atoms with E-state index >= 15 is 0 Å². The van der Waals surface area contributed by atoms with E-state index in [1.807, 2.05) is 6.07 Å². The smallest absolute Gasteiger partial charge is 0.229 e. The molecule has 0 saturated heterocycles. The van der Waals surface area contributed by atoms with Crippen LogP contribution in [0.3, 0.4) is 0 Å². The van der Waals surface area contributed by atoms with Gasteiger partial charge in [-0.1, -0.05) is 34.1 Å². The van der Waals surface area contributed by atoms with Crippen molar-refractivity contribution < 1.29 is 9.18 Å². The molecule has 9 unspecified atom stereocenters. The lowest BCUT2D eigenvalue weighted by Crippen LogP contribution is -2.50. The van der Waals surface area contributed by atoms with E-state index in [0.717, 1.165) is 40.7 Å². The van der Waals surface area contributed by atoms with Crippen molar-refractivity contribution in [3.8, 4) is 6.07 Å². The maximum Gasteiger partial charge on any atom is 0.229 e. The number of Topliss-reactive ketones (excluding diaryl/α,β-unsaturated/α-hetero) is 1. The van der Waals surface area contributed by atoms with Gasteiger partial charge in [-0.15, -0.1) is 0 Å². The van der Waals surface area contributed by atoms with Gasteiger partial charge < -0.3 is 0 Å². The molecule has 174 valence electrons. The van der Waals surface area contributed by atoms with Crippen molar-refractivity contribution in [2.75, 3.05) is 0 Å². The van der Waals surface area contributed by atoms with Crippen LogP contribution in [0.25, 0.3) is 0 Å². The van der Waals surface area contributed by atoms with Gasteiger partial charge in [0.15, 0.2) is 5.78 Å². The molecule has 4 nitrogen and oxygen atoms in total. The molecule has 0 aromatic carbocycles. The monoisotopic (exact) mass is 439 g/mol. The zero-order valence-electron chi connectivity index (χ0n) is 20.1. The van der Waals surface area contributed by atoms with Crippen LogP contribution >= 0.6 is 0 Å². The number of nitriles is 1. The first-order valence-corrected chi connectivity index (χ1v) is 12.9. The van der Waals surface area contributed by atoms with Crippen LogP contribution in [0.15, 0.2) is 6.20 Å². The Hall–Kier alpha value is -1.70. The number of hydrogen-bond acceptors (Lipinski definition) is 3. The third kappa shape index (κ3) is 3.19. The molecule has 4 fully saturated rings. The molecule has 0 amide bonds. The van der Waals surface area contributed by atoms with Crippen molar-refractivity contribution >= 4 is 5.78 Å². The molecule has 32 heavy (non-hydrogen) atoms. The molecular formula is C27H38FN3O. The first-order valence-electron chi connectivity index (χ1n) is 12.9. The van der Waals surface area contributed by atoms with Crippen LogP contribution in [0.2, 0.25) is 0 Å². The maximum atomic E-state index is 14.4. The van der Waals surface area contributed by atoms with Crippen molar-refractivity contribution in [1.82, 2.24) is 9.78 Å². The molecule has 4 saturated carbocycles. The fourth-order valence-corrected chi connectivity index (χ4v) is 9.41. The third-order valence-corrected chi connectivity index (χ3v) is 10.7. The summed E-state index contributed by atoms with van der Waals surface area (Å²) in [6.07, 6.45) is 10.5. The number of carbonyl (C=O) groups is 1. The van der Waals surface area contributed by atoms with Crippen molar-refractivity contribution in [3.63, 3.8) is 0 Å². The summed E-state index contributed by atoms with van der Waals surface area (Å²) in [5.41, 5.74) is -0.0955. The van der Waals surface area contributed by atoms with Gasteiger partial charge in [0.2, 0.25) is 5.95 Å². The van der Waals surface area contributed by atoms with Gasteiger partial charge in [0.25, 0.3) is 0 Å². The lowest BCUT2D eigenvalue weighted by atomic mass is 9.48. The topological polar surface area (TPSA) is 58.7 Å². The van der Waals surface area contributed by atoms with Crippen molar-refractivity contribution in [2.24, 2.45) is 58.7 Å². The van der Waals surface area contributed by atoms with Gasteiger partial charge in [0, 0.05) is 5.92 Å². The Morgan fingerprint density at radius 3 is 2.62 bits per heavy atom. The summed E-state index contributed by atoms with van der Waals surface area (Å²) in [4.78, 5) is 13.6. The fraction of sp³-hybridized carbons (Fsp3) is 0.815. The number of aromatic nitrogens is 2. The molecule has 5 rings (SSSR count). The number of nitrogens with zero attached hydrogens (tertiary/aromatic N) is 3. The second-order valence-electron chi connectivity index (χ2n) is 12.1. The van der Waals surface area contributed by atoms with Gasteiger partial charge in [-0.2, -0.15) is 14.8 Å². The minimum Gasteiger partial charge on any atom is -0.297 e. The van der Waals surface area contributed by atoms with Crippen LogP contribution in [-0.2, 0) is 11.3 Å². The molecule has 1 heterocycles. The number of rotatable bonds is 3. The summed E-state index contributed by atoms with van der Waals surface area (Å²) < 4.78 is 15.5. The van der Waals surface area contributed by atoms with E-state index in [-0.39, 0.29) is 29.2 Å². The highest BCUT2D eigenvalue weighted by Gasteiger charge is 2.63. The summed E-state index contributed by atoms with van der Waals surface area (Å²) in [6, 6.07) is 1.81. The van der Waals surface area contributed by atoms with E-state index in [4.69, 9.17) is 5.26 Å². The van der Waals surface area contributed by atoms with E-state index < -0.39 is 5.95 Å². The predicted molar refractivity (Wildman–Crippen MR) is 121 cm³/mol. The second-order valence-corrected chi connectivity index (χ2v) is 12.1. The van der Waals surface area contributed by atoms with Crippen LogP contribution in [0.4, 0.5) is 4.39 Å². The molecule has 4 aliphatic rings. The minimum atomic E-state index is -0.685. The van der Waals surface area contributed by atoms with Crippen molar-refractivity contribution in [3.05, 3.63) is 17.7 Å². The van der Waals surface area contributed by atoms with Gasteiger partial charge in [-0.05, 0) is 91.3 Å². The quantitative estimate of drug-likeness (QED) is 0.593. The molecule has 0 bridgehead atoms. The third-order valence-electron chi connectivity index (χ3n) is 10.7. The SMILES string of the molecule is CC1CCC2C(CCC3C2CCC2(C)C(C(=O)Cn4ncc(C#N)c4F)C(C)[C@@H](C)C32)C1. The number of halogens is 1. The Morgan fingerprint density at radius 2 is 1.91 bits per heavy atom. The standard InChI is InChI=1S/C27H38FN3O/c1-15-5-7-20-18(11-15)6-8-22-21(20)9-10-27(4)24(22)16(2)17(3)25(27)23(32)14-31-26(28)19(12-29)13-30-31/h13,15-18,20-22,24-25H,5-11,14H2,1-4H3/t15?,16-,17?,18?,20?,21?,22?,24?,25?,27?/m1/s1. The number of carbonyl (C=O) groups excluding carboxylic acids is 1. The van der Waals surface area contributed by atoms with Gasteiger partial charge in [-0.25, -0.2) is 4.68 Å². The molecule has 0 spiro atoms. The van der Waals surface area contributed by atoms with Gasteiger partial charge in [0.1, 0.15) is 18.2 Å². The van der Waals surface area contributed by atoms with E-state index in [2.05, 4.69) is 32.8 Å². The molecule has 1 aromatic rings. The zero-order chi connectivity index (χ0) is 22.8. The van der Waals surface area contributed by atoms with E-state index in [0.29, 0.717) is 17.8 Å². The highest BCUT2D eigenvalue weighted by atomic mass is 19.1. The average Bonchev–Trinajstić information content (AvgIpc) is 3.21. The first kappa shape index (κ1) is 22.1. The van der Waals surface area contributed by atoms with Crippen LogP contribution in [-0.4, -0.2) is 15.6 Å². The second kappa shape index (κ2) is 7.96. The summed E-state index contributed by atoms with van der Waals surface area (Å²) in [7, 11) is 0. The number of hydrogen-bond donors (Lipinski definition) is 0. The summed E-state index contributed by atoms with van der Waals surface area (Å²) >= 11 is 0. The Kier molecular flexibility index (Phi) is 5.50. The van der Waals surface area contributed by atoms with Gasteiger partial charge in [0.05, 0.1) is 6.20 Å². The molecule has 1 aromatic heterocycles. The highest BCUT2D eigenvalue weighted by molar-refractivity contribution is 5.82. The Bertz CT molecular complexity index is 934. The molecule has 10 atom stereocenters. The first-order chi connectivity index (χ1) is 15.3. The normalized spacial score (nSPS) is 45.4. The Morgan fingerprint density at radius 1 is 1.16 bits per heavy atom. The number of ketones is 1. The molecule has 5 heteroatoms. The lowest BCUT2D eigenvalue weighted by molar-refractivity contribution is -0.132. The molecule has 0 N–H and O–H groups in total. The highest BCUT2D eigenvalue weighted by Crippen LogP contribution is 2.67. The van der Waals surface area contributed by atoms with Crippen LogP contribution < -0.4 is 0 Å². The number of fused-ring (bicyclic) bond motifs is 5. The summed E-state index contributed by atoms with van der Waals surface area (Å²) in [5, 5.41) is 13.0. The molecule has 0 radical (unpaired) electrons. The van der Waals surface area contributed by atoms with Gasteiger partial charge in [-0.3, -0.25) is 4.79 Å². The van der Waals surface area contributed by atoms with E-state index in [1.54, 1.807) is 0 Å². The average molecular weight is 440 g/mol. The Balaban J connectivity index is 1.40. The van der Waals surface area contributed by atoms with E-state index in [9.17, 15) is 9.18 Å². The van der Waals surface area contributed by atoms with Crippen molar-refractivity contribution in [1.29, 1.82) is 5.26 Å². The maximum absolute atomic E-state index is 14.4. The zero-order valence-corrected chi connectivity index (χ0v) is 20.1. The largest absolute Gasteiger partial charge is 0.297 e. The predicted octanol–water partition coefficient (Wildman–Crippen LogP) is 5.86. The van der Waals surface area contributed by atoms with Crippen molar-refractivity contribution in [2.45, 2.75) is 79.2 Å². The fourth-order valence-electron chi connectivity index (χ4n) is 9.41. The lowest BCUT2D eigenvalue weighted by Gasteiger charge is -2.56. The summed E-state index contributed by atoms with van der Waals surface area (Å²) in [6.45, 7) is 9.36. The van der Waals surface area contributed by atoms with Gasteiger partial charge >= 0.3 is 0 Å². The molecule has 4 aliphatic carbocycles. The molecular weight excluding hydrogens is 401 g/mol. The summed E-state index contributed by atoms with van der Waals surface area (Å²) in [5.74, 6) is 5.04.